The summed E-state index contributed by atoms with van der Waals surface area (Å²) >= 11 is 5.95. The van der Waals surface area contributed by atoms with Crippen LogP contribution in [0.3, 0.4) is 0 Å². The summed E-state index contributed by atoms with van der Waals surface area (Å²) in [5, 5.41) is 3.61. The second-order valence-electron chi connectivity index (χ2n) is 6.24. The third-order valence-corrected chi connectivity index (χ3v) is 4.74. The highest BCUT2D eigenvalue weighted by Gasteiger charge is 2.23. The average Bonchev–Trinajstić information content (AvgIpc) is 3.09. The Kier molecular flexibility index (Phi) is 4.22. The van der Waals surface area contributed by atoms with E-state index in [0.29, 0.717) is 29.5 Å². The number of urea groups is 1. The molecule has 1 aromatic heterocycles. The molecule has 4 rings (SSSR count). The van der Waals surface area contributed by atoms with Gasteiger partial charge in [-0.1, -0.05) is 29.8 Å². The van der Waals surface area contributed by atoms with E-state index in [-0.39, 0.29) is 6.03 Å². The maximum atomic E-state index is 12.6. The molecular formula is C20H17ClN4O. The molecule has 3 aromatic rings. The molecule has 26 heavy (non-hydrogen) atoms. The van der Waals surface area contributed by atoms with Crippen LogP contribution in [0.15, 0.2) is 60.9 Å². The number of rotatable bonds is 2. The van der Waals surface area contributed by atoms with E-state index in [1.165, 1.54) is 0 Å². The number of nitrogen functional groups attached to an aromatic ring is 1. The van der Waals surface area contributed by atoms with Crippen molar-refractivity contribution >= 4 is 29.0 Å². The smallest absolute Gasteiger partial charge is 0.322 e. The summed E-state index contributed by atoms with van der Waals surface area (Å²) < 4.78 is 0. The van der Waals surface area contributed by atoms with Crippen molar-refractivity contribution < 1.29 is 4.79 Å². The van der Waals surface area contributed by atoms with Gasteiger partial charge in [0.2, 0.25) is 0 Å². The second-order valence-corrected chi connectivity index (χ2v) is 6.68. The number of nitrogens with zero attached hydrogens (tertiary/aromatic N) is 2. The first-order valence-corrected chi connectivity index (χ1v) is 8.61. The standard InChI is InChI=1S/C20H17ClN4O/c21-17-4-1-13(2-5-17)14-3-6-18(22)19(9-14)24-20(26)25-11-15-7-8-23-10-16(15)12-25/h1-10H,11-12,22H2,(H,24,26). The van der Waals surface area contributed by atoms with Crippen molar-refractivity contribution in [1.29, 1.82) is 0 Å². The maximum Gasteiger partial charge on any atom is 0.322 e. The van der Waals surface area contributed by atoms with Crippen LogP contribution >= 0.6 is 11.6 Å². The van der Waals surface area contributed by atoms with Gasteiger partial charge < -0.3 is 16.0 Å². The highest BCUT2D eigenvalue weighted by Crippen LogP contribution is 2.29. The quantitative estimate of drug-likeness (QED) is 0.656. The van der Waals surface area contributed by atoms with Crippen LogP contribution in [0, 0.1) is 0 Å². The summed E-state index contributed by atoms with van der Waals surface area (Å²) in [4.78, 5) is 18.5. The lowest BCUT2D eigenvalue weighted by Crippen LogP contribution is -2.30. The van der Waals surface area contributed by atoms with E-state index in [4.69, 9.17) is 17.3 Å². The molecule has 0 aliphatic carbocycles. The van der Waals surface area contributed by atoms with Crippen molar-refractivity contribution in [3.8, 4) is 11.1 Å². The molecular weight excluding hydrogens is 348 g/mol. The first-order valence-electron chi connectivity index (χ1n) is 8.23. The summed E-state index contributed by atoms with van der Waals surface area (Å²) in [6, 6.07) is 14.9. The largest absolute Gasteiger partial charge is 0.397 e. The summed E-state index contributed by atoms with van der Waals surface area (Å²) in [5.41, 5.74) is 11.3. The van der Waals surface area contributed by atoms with Crippen molar-refractivity contribution in [2.24, 2.45) is 0 Å². The van der Waals surface area contributed by atoms with E-state index >= 15 is 0 Å². The van der Waals surface area contributed by atoms with Crippen LogP contribution in [-0.2, 0) is 13.1 Å². The number of fused-ring (bicyclic) bond motifs is 1. The Hall–Kier alpha value is -3.05. The van der Waals surface area contributed by atoms with Gasteiger partial charge in [0.15, 0.2) is 0 Å². The number of nitrogens with two attached hydrogens (primary N) is 1. The zero-order valence-corrected chi connectivity index (χ0v) is 14.7. The minimum atomic E-state index is -0.179. The average molecular weight is 365 g/mol. The van der Waals surface area contributed by atoms with Gasteiger partial charge in [0.05, 0.1) is 11.4 Å². The topological polar surface area (TPSA) is 71.2 Å². The normalized spacial score (nSPS) is 12.7. The van der Waals surface area contributed by atoms with Crippen molar-refractivity contribution in [2.45, 2.75) is 13.1 Å². The molecule has 2 aromatic carbocycles. The van der Waals surface area contributed by atoms with E-state index in [2.05, 4.69) is 10.3 Å². The third kappa shape index (κ3) is 3.21. The Balaban J connectivity index is 1.54. The van der Waals surface area contributed by atoms with Crippen LogP contribution in [0.5, 0.6) is 0 Å². The van der Waals surface area contributed by atoms with Crippen LogP contribution in [0.4, 0.5) is 16.2 Å². The van der Waals surface area contributed by atoms with Gasteiger partial charge in [-0.25, -0.2) is 4.79 Å². The van der Waals surface area contributed by atoms with Gasteiger partial charge in [-0.3, -0.25) is 4.98 Å². The Morgan fingerprint density at radius 1 is 1.04 bits per heavy atom. The maximum absolute atomic E-state index is 12.6. The Morgan fingerprint density at radius 3 is 2.54 bits per heavy atom. The highest BCUT2D eigenvalue weighted by atomic mass is 35.5. The third-order valence-electron chi connectivity index (χ3n) is 4.49. The summed E-state index contributed by atoms with van der Waals surface area (Å²) in [5.74, 6) is 0. The number of carbonyl (C=O) groups excluding carboxylic acids is 1. The first kappa shape index (κ1) is 16.4. The van der Waals surface area contributed by atoms with E-state index in [1.807, 2.05) is 42.5 Å². The van der Waals surface area contributed by atoms with Crippen molar-refractivity contribution in [3.05, 3.63) is 77.1 Å². The van der Waals surface area contributed by atoms with Crippen molar-refractivity contribution in [2.75, 3.05) is 11.1 Å². The van der Waals surface area contributed by atoms with Gasteiger partial charge in [-0.15, -0.1) is 0 Å². The van der Waals surface area contributed by atoms with Crippen LogP contribution in [0.2, 0.25) is 5.02 Å². The fourth-order valence-electron chi connectivity index (χ4n) is 3.04. The molecule has 0 atom stereocenters. The van der Waals surface area contributed by atoms with Crippen LogP contribution in [0.25, 0.3) is 11.1 Å². The predicted molar refractivity (Wildman–Crippen MR) is 104 cm³/mol. The summed E-state index contributed by atoms with van der Waals surface area (Å²) in [6.07, 6.45) is 3.55. The number of halogens is 1. The zero-order chi connectivity index (χ0) is 18.1. The van der Waals surface area contributed by atoms with Gasteiger partial charge in [-0.2, -0.15) is 0 Å². The molecule has 0 radical (unpaired) electrons. The molecule has 0 spiro atoms. The van der Waals surface area contributed by atoms with Crippen LogP contribution in [-0.4, -0.2) is 15.9 Å². The molecule has 2 amide bonds. The van der Waals surface area contributed by atoms with Crippen LogP contribution in [0.1, 0.15) is 11.1 Å². The lowest BCUT2D eigenvalue weighted by molar-refractivity contribution is 0.212. The first-order chi connectivity index (χ1) is 12.6. The monoisotopic (exact) mass is 364 g/mol. The van der Waals surface area contributed by atoms with Gasteiger partial charge in [0.1, 0.15) is 0 Å². The number of aromatic nitrogens is 1. The molecule has 0 saturated carbocycles. The molecule has 3 N–H and O–H groups in total. The number of carbonyl (C=O) groups is 1. The van der Waals surface area contributed by atoms with Gasteiger partial charge in [-0.05, 0) is 52.6 Å². The number of hydrogen-bond donors (Lipinski definition) is 2. The molecule has 5 nitrogen and oxygen atoms in total. The number of anilines is 2. The number of pyridine rings is 1. The van der Waals surface area contributed by atoms with Crippen molar-refractivity contribution in [3.63, 3.8) is 0 Å². The lowest BCUT2D eigenvalue weighted by Gasteiger charge is -2.18. The fourth-order valence-corrected chi connectivity index (χ4v) is 3.17. The molecule has 1 aliphatic heterocycles. The fraction of sp³-hybridized carbons (Fsp3) is 0.100. The zero-order valence-electron chi connectivity index (χ0n) is 13.9. The Bertz CT molecular complexity index is 947. The Labute approximate surface area is 156 Å². The van der Waals surface area contributed by atoms with E-state index in [1.54, 1.807) is 23.4 Å². The predicted octanol–water partition coefficient (Wildman–Crippen LogP) is 4.53. The highest BCUT2D eigenvalue weighted by molar-refractivity contribution is 6.30. The molecule has 0 fully saturated rings. The molecule has 130 valence electrons. The minimum Gasteiger partial charge on any atom is -0.397 e. The number of amides is 2. The summed E-state index contributed by atoms with van der Waals surface area (Å²) in [6.45, 7) is 1.12. The molecule has 2 heterocycles. The van der Waals surface area contributed by atoms with Gasteiger partial charge >= 0.3 is 6.03 Å². The Morgan fingerprint density at radius 2 is 1.77 bits per heavy atom. The van der Waals surface area contributed by atoms with E-state index in [9.17, 15) is 4.79 Å². The van der Waals surface area contributed by atoms with Gasteiger partial charge in [0.25, 0.3) is 0 Å². The SMILES string of the molecule is Nc1ccc(-c2ccc(Cl)cc2)cc1NC(=O)N1Cc2ccncc2C1. The van der Waals surface area contributed by atoms with E-state index < -0.39 is 0 Å². The molecule has 0 unspecified atom stereocenters. The molecule has 0 bridgehead atoms. The van der Waals surface area contributed by atoms with Crippen molar-refractivity contribution in [1.82, 2.24) is 9.88 Å². The number of hydrogen-bond acceptors (Lipinski definition) is 3. The van der Waals surface area contributed by atoms with Crippen LogP contribution < -0.4 is 11.1 Å². The van der Waals surface area contributed by atoms with Gasteiger partial charge in [0, 0.05) is 30.5 Å². The molecule has 6 heteroatoms. The second kappa shape index (κ2) is 6.69. The number of nitrogens with one attached hydrogen (secondary N) is 1. The summed E-state index contributed by atoms with van der Waals surface area (Å²) in [7, 11) is 0. The lowest BCUT2D eigenvalue weighted by atomic mass is 10.0. The van der Waals surface area contributed by atoms with E-state index in [0.717, 1.165) is 22.3 Å². The minimum absolute atomic E-state index is 0.179. The molecule has 1 aliphatic rings. The number of benzene rings is 2. The molecule has 0 saturated heterocycles.